The number of benzene rings is 2. The molecule has 2 N–H and O–H groups in total. The molecule has 31 heavy (non-hydrogen) atoms. The van der Waals surface area contributed by atoms with Gasteiger partial charge in [0.1, 0.15) is 5.52 Å². The van der Waals surface area contributed by atoms with Crippen LogP contribution in [-0.4, -0.2) is 34.3 Å². The van der Waals surface area contributed by atoms with Crippen LogP contribution in [0.4, 0.5) is 15.8 Å². The lowest BCUT2D eigenvalue weighted by Gasteiger charge is -2.19. The van der Waals surface area contributed by atoms with Gasteiger partial charge in [0.2, 0.25) is 0 Å². The van der Waals surface area contributed by atoms with Crippen molar-refractivity contribution in [2.75, 3.05) is 18.5 Å². The summed E-state index contributed by atoms with van der Waals surface area (Å²) in [6.45, 7) is 6.19. The number of carbonyl (C=O) groups excluding carboxylic acids is 1. The van der Waals surface area contributed by atoms with Crippen LogP contribution in [0, 0.1) is 5.82 Å². The summed E-state index contributed by atoms with van der Waals surface area (Å²) in [6, 6.07) is 6.64. The first-order chi connectivity index (χ1) is 14.6. The van der Waals surface area contributed by atoms with E-state index in [9.17, 15) is 4.79 Å². The lowest BCUT2D eigenvalue weighted by atomic mass is 10.1. The van der Waals surface area contributed by atoms with Gasteiger partial charge in [0, 0.05) is 11.5 Å². The van der Waals surface area contributed by atoms with Crippen molar-refractivity contribution < 1.29 is 18.8 Å². The Hall–Kier alpha value is -2.20. The number of nitrogens with zero attached hydrogens (tertiary/aromatic N) is 2. The second kappa shape index (κ2) is 9.52. The Bertz CT molecular complexity index is 1110. The minimum absolute atomic E-state index is 0.0457. The highest BCUT2D eigenvalue weighted by molar-refractivity contribution is 9.10. The first-order valence-electron chi connectivity index (χ1n) is 9.48. The van der Waals surface area contributed by atoms with Crippen molar-refractivity contribution in [3.8, 4) is 0 Å². The number of hydrogen-bond donors (Lipinski definition) is 2. The van der Waals surface area contributed by atoms with Crippen molar-refractivity contribution in [3.63, 3.8) is 0 Å². The summed E-state index contributed by atoms with van der Waals surface area (Å²) < 4.78 is 23.3. The molecule has 0 unspecified atom stereocenters. The number of ether oxygens (including phenoxy) is 1. The van der Waals surface area contributed by atoms with Gasteiger partial charge in [-0.1, -0.05) is 27.5 Å². The van der Waals surface area contributed by atoms with Crippen molar-refractivity contribution in [2.45, 2.75) is 26.4 Å². The number of amides is 1. The van der Waals surface area contributed by atoms with Gasteiger partial charge in [-0.2, -0.15) is 0 Å². The predicted octanol–water partition coefficient (Wildman–Crippen LogP) is 5.35. The van der Waals surface area contributed by atoms with E-state index < -0.39 is 11.7 Å². The molecule has 0 aliphatic heterocycles. The molecule has 1 amide bonds. The van der Waals surface area contributed by atoms with Crippen LogP contribution in [0.25, 0.3) is 11.0 Å². The number of carbonyl (C=O) groups is 1. The summed E-state index contributed by atoms with van der Waals surface area (Å²) in [4.78, 5) is 22.1. The standard InChI is InChI=1S/C21H23BrClFN4O3/c1-21(2,3)30-7-8-31-27-20(29)13-10-16-19(25-11-28(16)4)17(24)18(13)26-15-6-5-12(22)9-14(15)23/h5-6,9-11,26H,7-8H2,1-4H3,(H,27,29). The minimum Gasteiger partial charge on any atom is -0.373 e. The summed E-state index contributed by atoms with van der Waals surface area (Å²) in [5.41, 5.74) is 3.05. The molecule has 2 aromatic carbocycles. The molecule has 0 fully saturated rings. The Balaban J connectivity index is 1.88. The Labute approximate surface area is 193 Å². The Morgan fingerprint density at radius 2 is 2.03 bits per heavy atom. The smallest absolute Gasteiger partial charge is 0.277 e. The van der Waals surface area contributed by atoms with Gasteiger partial charge in [0.15, 0.2) is 5.82 Å². The van der Waals surface area contributed by atoms with Crippen LogP contribution in [0.15, 0.2) is 35.1 Å². The Kier molecular flexibility index (Phi) is 7.20. The summed E-state index contributed by atoms with van der Waals surface area (Å²) in [6.07, 6.45) is 1.48. The van der Waals surface area contributed by atoms with E-state index in [0.29, 0.717) is 22.8 Å². The van der Waals surface area contributed by atoms with Crippen LogP contribution in [0.5, 0.6) is 0 Å². The minimum atomic E-state index is -0.668. The molecule has 0 aliphatic carbocycles. The van der Waals surface area contributed by atoms with E-state index in [1.807, 2.05) is 20.8 Å². The molecule has 0 radical (unpaired) electrons. The van der Waals surface area contributed by atoms with E-state index in [-0.39, 0.29) is 29.0 Å². The first kappa shape index (κ1) is 23.5. The molecular weight excluding hydrogens is 491 g/mol. The molecule has 0 saturated carbocycles. The monoisotopic (exact) mass is 512 g/mol. The molecule has 0 bridgehead atoms. The average Bonchev–Trinajstić information content (AvgIpc) is 3.05. The van der Waals surface area contributed by atoms with Crippen LogP contribution >= 0.6 is 27.5 Å². The summed E-state index contributed by atoms with van der Waals surface area (Å²) in [7, 11) is 1.72. The van der Waals surface area contributed by atoms with E-state index in [0.717, 1.165) is 4.47 Å². The van der Waals surface area contributed by atoms with Crippen LogP contribution < -0.4 is 10.8 Å². The quantitative estimate of drug-likeness (QED) is 0.329. The lowest BCUT2D eigenvalue weighted by molar-refractivity contribution is -0.0511. The van der Waals surface area contributed by atoms with Gasteiger partial charge < -0.3 is 14.6 Å². The summed E-state index contributed by atoms with van der Waals surface area (Å²) in [5.74, 6) is -1.29. The van der Waals surface area contributed by atoms with Crippen molar-refractivity contribution in [1.29, 1.82) is 0 Å². The molecule has 0 spiro atoms. The fourth-order valence-corrected chi connectivity index (χ4v) is 3.53. The fourth-order valence-electron chi connectivity index (χ4n) is 2.81. The largest absolute Gasteiger partial charge is 0.373 e. The van der Waals surface area contributed by atoms with Crippen molar-refractivity contribution in [1.82, 2.24) is 15.0 Å². The highest BCUT2D eigenvalue weighted by Crippen LogP contribution is 2.34. The zero-order chi connectivity index (χ0) is 22.8. The van der Waals surface area contributed by atoms with Gasteiger partial charge in [-0.3, -0.25) is 9.63 Å². The number of nitrogens with one attached hydrogen (secondary N) is 2. The van der Waals surface area contributed by atoms with E-state index in [2.05, 4.69) is 31.7 Å². The lowest BCUT2D eigenvalue weighted by Crippen LogP contribution is -2.28. The highest BCUT2D eigenvalue weighted by atomic mass is 79.9. The maximum atomic E-state index is 15.3. The zero-order valence-corrected chi connectivity index (χ0v) is 19.9. The topological polar surface area (TPSA) is 77.4 Å². The Morgan fingerprint density at radius 3 is 2.71 bits per heavy atom. The van der Waals surface area contributed by atoms with Crippen molar-refractivity contribution in [2.24, 2.45) is 7.05 Å². The second-order valence-corrected chi connectivity index (χ2v) is 9.15. The number of hydrogen-bond acceptors (Lipinski definition) is 5. The normalized spacial score (nSPS) is 11.7. The van der Waals surface area contributed by atoms with Crippen LogP contribution in [0.2, 0.25) is 5.02 Å². The van der Waals surface area contributed by atoms with E-state index >= 15 is 4.39 Å². The number of anilines is 2. The average molecular weight is 514 g/mol. The third-order valence-electron chi connectivity index (χ3n) is 4.28. The number of rotatable bonds is 7. The van der Waals surface area contributed by atoms with Crippen molar-refractivity contribution >= 4 is 55.8 Å². The fraction of sp³-hybridized carbons (Fsp3) is 0.333. The maximum Gasteiger partial charge on any atom is 0.277 e. The molecule has 3 aromatic rings. The van der Waals surface area contributed by atoms with Gasteiger partial charge in [0.05, 0.1) is 52.6 Å². The number of halogens is 3. The number of aromatic nitrogens is 2. The molecule has 7 nitrogen and oxygen atoms in total. The van der Waals surface area contributed by atoms with Crippen LogP contribution in [0.1, 0.15) is 31.1 Å². The molecule has 1 aromatic heterocycles. The van der Waals surface area contributed by atoms with Gasteiger partial charge in [0.25, 0.3) is 5.91 Å². The SMILES string of the molecule is Cn1cnc2c(F)c(Nc3ccc(Br)cc3Cl)c(C(=O)NOCCOC(C)(C)C)cc21. The molecular formula is C21H23BrClFN4O3. The van der Waals surface area contributed by atoms with E-state index in [1.165, 1.54) is 6.33 Å². The molecule has 0 atom stereocenters. The van der Waals surface area contributed by atoms with Gasteiger partial charge in [-0.15, -0.1) is 0 Å². The van der Waals surface area contributed by atoms with Gasteiger partial charge in [-0.25, -0.2) is 14.9 Å². The third-order valence-corrected chi connectivity index (χ3v) is 5.09. The maximum absolute atomic E-state index is 15.3. The van der Waals surface area contributed by atoms with Gasteiger partial charge >= 0.3 is 0 Å². The third kappa shape index (κ3) is 5.74. The predicted molar refractivity (Wildman–Crippen MR) is 122 cm³/mol. The number of fused-ring (bicyclic) bond motifs is 1. The second-order valence-electron chi connectivity index (χ2n) is 7.83. The van der Waals surface area contributed by atoms with E-state index in [1.54, 1.807) is 35.9 Å². The number of aryl methyl sites for hydroxylation is 1. The summed E-state index contributed by atoms with van der Waals surface area (Å²) in [5, 5.41) is 3.28. The number of hydroxylamine groups is 1. The molecule has 0 aliphatic rings. The van der Waals surface area contributed by atoms with E-state index in [4.69, 9.17) is 21.2 Å². The first-order valence-corrected chi connectivity index (χ1v) is 10.7. The zero-order valence-electron chi connectivity index (χ0n) is 17.6. The van der Waals surface area contributed by atoms with Crippen LogP contribution in [0.3, 0.4) is 0 Å². The molecule has 166 valence electrons. The summed E-state index contributed by atoms with van der Waals surface area (Å²) >= 11 is 9.60. The molecule has 3 rings (SSSR count). The number of imidazole rings is 1. The molecule has 1 heterocycles. The molecule has 0 saturated heterocycles. The Morgan fingerprint density at radius 1 is 1.29 bits per heavy atom. The van der Waals surface area contributed by atoms with Gasteiger partial charge in [-0.05, 0) is 45.0 Å². The molecule has 10 heteroatoms. The highest BCUT2D eigenvalue weighted by Gasteiger charge is 2.22. The van der Waals surface area contributed by atoms with Crippen LogP contribution in [-0.2, 0) is 16.6 Å². The van der Waals surface area contributed by atoms with Crippen molar-refractivity contribution in [3.05, 3.63) is 51.5 Å².